The van der Waals surface area contributed by atoms with Crippen LogP contribution in [0.15, 0.2) is 42.5 Å². The van der Waals surface area contributed by atoms with Crippen LogP contribution in [0.1, 0.15) is 36.7 Å². The molecule has 5 nitrogen and oxygen atoms in total. The van der Waals surface area contributed by atoms with Crippen LogP contribution >= 0.6 is 0 Å². The third-order valence-corrected chi connectivity index (χ3v) is 3.87. The van der Waals surface area contributed by atoms with E-state index in [0.717, 1.165) is 12.1 Å². The van der Waals surface area contributed by atoms with Gasteiger partial charge in [-0.1, -0.05) is 19.1 Å². The van der Waals surface area contributed by atoms with Gasteiger partial charge in [0, 0.05) is 11.3 Å². The van der Waals surface area contributed by atoms with Gasteiger partial charge in [0.05, 0.1) is 7.11 Å². The average molecular weight is 341 g/mol. The van der Waals surface area contributed by atoms with Gasteiger partial charge in [-0.15, -0.1) is 0 Å². The second-order valence-electron chi connectivity index (χ2n) is 5.72. The lowest BCUT2D eigenvalue weighted by Gasteiger charge is -2.17. The van der Waals surface area contributed by atoms with Crippen LogP contribution in [0.3, 0.4) is 0 Å². The summed E-state index contributed by atoms with van der Waals surface area (Å²) in [7, 11) is 1.49. The van der Waals surface area contributed by atoms with E-state index in [9.17, 15) is 9.59 Å². The van der Waals surface area contributed by atoms with Crippen LogP contribution in [-0.2, 0) is 11.2 Å². The zero-order valence-electron chi connectivity index (χ0n) is 15.0. The van der Waals surface area contributed by atoms with Crippen LogP contribution in [0.4, 0.5) is 5.69 Å². The Morgan fingerprint density at radius 2 is 1.76 bits per heavy atom. The summed E-state index contributed by atoms with van der Waals surface area (Å²) in [6.45, 7) is 5.22. The number of carbonyl (C=O) groups is 2. The molecule has 0 saturated heterocycles. The van der Waals surface area contributed by atoms with Crippen molar-refractivity contribution in [3.63, 3.8) is 0 Å². The van der Waals surface area contributed by atoms with E-state index >= 15 is 0 Å². The Morgan fingerprint density at radius 3 is 2.32 bits per heavy atom. The standard InChI is InChI=1S/C20H23NO4/c1-5-15-6-9-17(10-7-15)21-20(23)14(3)25-18-11-8-16(13(2)22)12-19(18)24-4/h6-12,14H,5H2,1-4H3,(H,21,23)/t14-/m1/s1. The third-order valence-electron chi connectivity index (χ3n) is 3.87. The predicted molar refractivity (Wildman–Crippen MR) is 97.5 cm³/mol. The van der Waals surface area contributed by atoms with Crippen LogP contribution in [-0.4, -0.2) is 24.9 Å². The number of Topliss-reactive ketones (excluding diaryl/α,β-unsaturated/α-hetero) is 1. The first-order valence-corrected chi connectivity index (χ1v) is 8.20. The van der Waals surface area contributed by atoms with E-state index in [-0.39, 0.29) is 11.7 Å². The SMILES string of the molecule is CCc1ccc(NC(=O)[C@@H](C)Oc2ccc(C(C)=O)cc2OC)cc1. The highest BCUT2D eigenvalue weighted by Gasteiger charge is 2.18. The molecule has 1 amide bonds. The number of anilines is 1. The van der Waals surface area contributed by atoms with Crippen molar-refractivity contribution in [2.24, 2.45) is 0 Å². The van der Waals surface area contributed by atoms with Crippen LogP contribution < -0.4 is 14.8 Å². The van der Waals surface area contributed by atoms with Gasteiger partial charge in [0.2, 0.25) is 0 Å². The normalized spacial score (nSPS) is 11.5. The number of hydrogen-bond donors (Lipinski definition) is 1. The minimum atomic E-state index is -0.720. The second kappa shape index (κ2) is 8.33. The zero-order chi connectivity index (χ0) is 18.4. The molecule has 2 aromatic carbocycles. The van der Waals surface area contributed by atoms with Gasteiger partial charge in [0.1, 0.15) is 0 Å². The summed E-state index contributed by atoms with van der Waals surface area (Å²) in [6.07, 6.45) is 0.229. The molecule has 0 fully saturated rings. The number of benzene rings is 2. The molecule has 0 saturated carbocycles. The number of amides is 1. The fourth-order valence-corrected chi connectivity index (χ4v) is 2.30. The van der Waals surface area contributed by atoms with E-state index < -0.39 is 6.10 Å². The predicted octanol–water partition coefficient (Wildman–Crippen LogP) is 3.87. The minimum Gasteiger partial charge on any atom is -0.493 e. The lowest BCUT2D eigenvalue weighted by atomic mass is 10.1. The van der Waals surface area contributed by atoms with Gasteiger partial charge >= 0.3 is 0 Å². The topological polar surface area (TPSA) is 64.6 Å². The lowest BCUT2D eigenvalue weighted by Crippen LogP contribution is -2.30. The Morgan fingerprint density at radius 1 is 1.08 bits per heavy atom. The van der Waals surface area contributed by atoms with Crippen molar-refractivity contribution in [3.8, 4) is 11.5 Å². The average Bonchev–Trinajstić information content (AvgIpc) is 2.62. The number of nitrogens with one attached hydrogen (secondary N) is 1. The molecule has 2 aromatic rings. The van der Waals surface area contributed by atoms with Crippen molar-refractivity contribution < 1.29 is 19.1 Å². The number of aryl methyl sites for hydroxylation is 1. The highest BCUT2D eigenvalue weighted by Crippen LogP contribution is 2.29. The van der Waals surface area contributed by atoms with E-state index in [1.807, 2.05) is 24.3 Å². The quantitative estimate of drug-likeness (QED) is 0.777. The number of methoxy groups -OCH3 is 1. The number of carbonyl (C=O) groups excluding carboxylic acids is 2. The Kier molecular flexibility index (Phi) is 6.17. The fraction of sp³-hybridized carbons (Fsp3) is 0.300. The molecule has 1 N–H and O–H groups in total. The first kappa shape index (κ1) is 18.5. The number of rotatable bonds is 7. The van der Waals surface area contributed by atoms with E-state index in [1.54, 1.807) is 25.1 Å². The van der Waals surface area contributed by atoms with Crippen molar-refractivity contribution in [3.05, 3.63) is 53.6 Å². The minimum absolute atomic E-state index is 0.0637. The molecule has 2 rings (SSSR count). The fourth-order valence-electron chi connectivity index (χ4n) is 2.30. The van der Waals surface area contributed by atoms with Crippen LogP contribution in [0.2, 0.25) is 0 Å². The molecule has 0 spiro atoms. The van der Waals surface area contributed by atoms with Gasteiger partial charge in [-0.05, 0) is 56.2 Å². The summed E-state index contributed by atoms with van der Waals surface area (Å²) in [4.78, 5) is 23.8. The zero-order valence-corrected chi connectivity index (χ0v) is 15.0. The van der Waals surface area contributed by atoms with Crippen LogP contribution in [0.5, 0.6) is 11.5 Å². The molecule has 132 valence electrons. The van der Waals surface area contributed by atoms with Gasteiger partial charge < -0.3 is 14.8 Å². The highest BCUT2D eigenvalue weighted by molar-refractivity contribution is 5.95. The van der Waals surface area contributed by atoms with E-state index in [0.29, 0.717) is 17.1 Å². The van der Waals surface area contributed by atoms with Crippen molar-refractivity contribution >= 4 is 17.4 Å². The molecule has 0 aliphatic carbocycles. The monoisotopic (exact) mass is 341 g/mol. The van der Waals surface area contributed by atoms with Gasteiger partial charge in [-0.25, -0.2) is 0 Å². The van der Waals surface area contributed by atoms with Crippen molar-refractivity contribution in [1.29, 1.82) is 0 Å². The van der Waals surface area contributed by atoms with E-state index in [2.05, 4.69) is 12.2 Å². The summed E-state index contributed by atoms with van der Waals surface area (Å²) in [6, 6.07) is 12.6. The maximum Gasteiger partial charge on any atom is 0.265 e. The molecule has 5 heteroatoms. The smallest absolute Gasteiger partial charge is 0.265 e. The highest BCUT2D eigenvalue weighted by atomic mass is 16.5. The third kappa shape index (κ3) is 4.83. The molecular weight excluding hydrogens is 318 g/mol. The number of ether oxygens (including phenoxy) is 2. The Bertz CT molecular complexity index is 753. The summed E-state index contributed by atoms with van der Waals surface area (Å²) in [5, 5.41) is 2.82. The molecule has 0 bridgehead atoms. The lowest BCUT2D eigenvalue weighted by molar-refractivity contribution is -0.122. The Balaban J connectivity index is 2.06. The first-order chi connectivity index (χ1) is 11.9. The maximum absolute atomic E-state index is 12.3. The number of ketones is 1. The molecule has 0 aliphatic rings. The molecule has 0 radical (unpaired) electrons. The van der Waals surface area contributed by atoms with Crippen molar-refractivity contribution in [2.75, 3.05) is 12.4 Å². The molecular formula is C20H23NO4. The largest absolute Gasteiger partial charge is 0.493 e. The van der Waals surface area contributed by atoms with Crippen LogP contribution in [0, 0.1) is 0 Å². The number of hydrogen-bond acceptors (Lipinski definition) is 4. The molecule has 0 aromatic heterocycles. The van der Waals surface area contributed by atoms with E-state index in [4.69, 9.17) is 9.47 Å². The summed E-state index contributed by atoms with van der Waals surface area (Å²) < 4.78 is 11.0. The first-order valence-electron chi connectivity index (χ1n) is 8.20. The Hall–Kier alpha value is -2.82. The van der Waals surface area contributed by atoms with Gasteiger partial charge in [-0.2, -0.15) is 0 Å². The molecule has 1 atom stereocenters. The Labute approximate surface area is 148 Å². The summed E-state index contributed by atoms with van der Waals surface area (Å²) in [5.74, 6) is 0.504. The van der Waals surface area contributed by atoms with Gasteiger partial charge in [0.25, 0.3) is 5.91 Å². The molecule has 25 heavy (non-hydrogen) atoms. The van der Waals surface area contributed by atoms with Gasteiger partial charge in [-0.3, -0.25) is 9.59 Å². The molecule has 0 heterocycles. The molecule has 0 unspecified atom stereocenters. The van der Waals surface area contributed by atoms with Crippen LogP contribution in [0.25, 0.3) is 0 Å². The second-order valence-corrected chi connectivity index (χ2v) is 5.72. The maximum atomic E-state index is 12.3. The summed E-state index contributed by atoms with van der Waals surface area (Å²) >= 11 is 0. The van der Waals surface area contributed by atoms with Gasteiger partial charge in [0.15, 0.2) is 23.4 Å². The summed E-state index contributed by atoms with van der Waals surface area (Å²) in [5.41, 5.74) is 2.45. The van der Waals surface area contributed by atoms with E-state index in [1.165, 1.54) is 19.6 Å². The van der Waals surface area contributed by atoms with Crippen molar-refractivity contribution in [2.45, 2.75) is 33.3 Å². The molecule has 0 aliphatic heterocycles. The van der Waals surface area contributed by atoms with Crippen molar-refractivity contribution in [1.82, 2.24) is 0 Å².